The fourth-order valence-corrected chi connectivity index (χ4v) is 2.23. The molecule has 0 fully saturated rings. The average molecular weight is 362 g/mol. The summed E-state index contributed by atoms with van der Waals surface area (Å²) in [5.41, 5.74) is 8.77. The molecular weight excluding hydrogens is 338 g/mol. The molecule has 2 unspecified atom stereocenters. The van der Waals surface area contributed by atoms with Crippen LogP contribution in [0.5, 0.6) is 0 Å². The number of nitrogens with one attached hydrogen (secondary N) is 2. The third-order valence-electron chi connectivity index (χ3n) is 3.78. The molecule has 0 saturated carbocycles. The normalized spacial score (nSPS) is 12.4. The quantitative estimate of drug-likeness (QED) is 0.737. The standard InChI is InChI=1S/C19H23N3O2.ClH/c1-13-8-10-16(11-9-13)17(20)19(24)22-14(2)18(23)21-12-15-6-4-3-5-7-15;/h3-11,14,17H,12,20H2,1-2H3,(H,21,23)(H,22,24);1H. The van der Waals surface area contributed by atoms with Crippen LogP contribution in [0.4, 0.5) is 0 Å². The maximum atomic E-state index is 12.2. The molecule has 0 heterocycles. The molecule has 2 atom stereocenters. The van der Waals surface area contributed by atoms with Gasteiger partial charge in [0.25, 0.3) is 0 Å². The van der Waals surface area contributed by atoms with Crippen LogP contribution in [-0.2, 0) is 16.1 Å². The van der Waals surface area contributed by atoms with Gasteiger partial charge in [-0.25, -0.2) is 0 Å². The third kappa shape index (κ3) is 6.21. The summed E-state index contributed by atoms with van der Waals surface area (Å²) in [6, 6.07) is 15.6. The Morgan fingerprint density at radius 2 is 1.60 bits per heavy atom. The lowest BCUT2D eigenvalue weighted by atomic mass is 10.1. The van der Waals surface area contributed by atoms with Gasteiger partial charge in [-0.05, 0) is 25.0 Å². The van der Waals surface area contributed by atoms with Crippen molar-refractivity contribution in [3.05, 3.63) is 71.3 Å². The minimum Gasteiger partial charge on any atom is -0.350 e. The molecule has 25 heavy (non-hydrogen) atoms. The summed E-state index contributed by atoms with van der Waals surface area (Å²) >= 11 is 0. The number of hydrogen-bond donors (Lipinski definition) is 3. The van der Waals surface area contributed by atoms with Gasteiger partial charge in [0.2, 0.25) is 11.8 Å². The van der Waals surface area contributed by atoms with Crippen LogP contribution < -0.4 is 16.4 Å². The van der Waals surface area contributed by atoms with E-state index in [-0.39, 0.29) is 24.2 Å². The maximum absolute atomic E-state index is 12.2. The molecule has 0 aliphatic heterocycles. The Hall–Kier alpha value is -2.37. The zero-order valence-electron chi connectivity index (χ0n) is 14.4. The molecule has 2 rings (SSSR count). The van der Waals surface area contributed by atoms with E-state index < -0.39 is 12.1 Å². The van der Waals surface area contributed by atoms with Crippen molar-refractivity contribution >= 4 is 24.2 Å². The van der Waals surface area contributed by atoms with E-state index in [2.05, 4.69) is 10.6 Å². The van der Waals surface area contributed by atoms with E-state index in [9.17, 15) is 9.59 Å². The van der Waals surface area contributed by atoms with Crippen molar-refractivity contribution in [1.29, 1.82) is 0 Å². The minimum absolute atomic E-state index is 0. The van der Waals surface area contributed by atoms with E-state index in [1.807, 2.05) is 61.5 Å². The van der Waals surface area contributed by atoms with E-state index in [0.717, 1.165) is 16.7 Å². The summed E-state index contributed by atoms with van der Waals surface area (Å²) in [5, 5.41) is 5.45. The van der Waals surface area contributed by atoms with Crippen molar-refractivity contribution < 1.29 is 9.59 Å². The molecule has 4 N–H and O–H groups in total. The monoisotopic (exact) mass is 361 g/mol. The summed E-state index contributed by atoms with van der Waals surface area (Å²) < 4.78 is 0. The van der Waals surface area contributed by atoms with Crippen LogP contribution in [0.15, 0.2) is 54.6 Å². The Labute approximate surface area is 154 Å². The van der Waals surface area contributed by atoms with Crippen molar-refractivity contribution in [3.8, 4) is 0 Å². The highest BCUT2D eigenvalue weighted by Crippen LogP contribution is 2.11. The van der Waals surface area contributed by atoms with Crippen molar-refractivity contribution in [3.63, 3.8) is 0 Å². The second-order valence-electron chi connectivity index (χ2n) is 5.82. The van der Waals surface area contributed by atoms with Gasteiger partial charge in [0.1, 0.15) is 12.1 Å². The highest BCUT2D eigenvalue weighted by atomic mass is 35.5. The molecule has 0 aliphatic carbocycles. The fourth-order valence-electron chi connectivity index (χ4n) is 2.23. The molecule has 0 spiro atoms. The first-order chi connectivity index (χ1) is 11.5. The number of amides is 2. The van der Waals surface area contributed by atoms with E-state index in [1.165, 1.54) is 0 Å². The van der Waals surface area contributed by atoms with Crippen LogP contribution in [0, 0.1) is 6.92 Å². The lowest BCUT2D eigenvalue weighted by Crippen LogP contribution is -2.47. The molecule has 2 amide bonds. The molecular formula is C19H24ClN3O2. The Morgan fingerprint density at radius 1 is 1.00 bits per heavy atom. The van der Waals surface area contributed by atoms with Gasteiger partial charge >= 0.3 is 0 Å². The molecule has 0 radical (unpaired) electrons. The predicted octanol–water partition coefficient (Wildman–Crippen LogP) is 2.24. The van der Waals surface area contributed by atoms with Crippen LogP contribution in [0.3, 0.4) is 0 Å². The first-order valence-electron chi connectivity index (χ1n) is 7.91. The summed E-state index contributed by atoms with van der Waals surface area (Å²) in [4.78, 5) is 24.3. The van der Waals surface area contributed by atoms with Gasteiger partial charge in [0, 0.05) is 6.54 Å². The Morgan fingerprint density at radius 3 is 2.20 bits per heavy atom. The number of carbonyl (C=O) groups is 2. The lowest BCUT2D eigenvalue weighted by molar-refractivity contribution is -0.129. The fraction of sp³-hybridized carbons (Fsp3) is 0.263. The number of aryl methyl sites for hydroxylation is 1. The van der Waals surface area contributed by atoms with Crippen LogP contribution in [0.1, 0.15) is 29.7 Å². The van der Waals surface area contributed by atoms with Crippen molar-refractivity contribution in [1.82, 2.24) is 10.6 Å². The van der Waals surface area contributed by atoms with Gasteiger partial charge in [-0.15, -0.1) is 12.4 Å². The van der Waals surface area contributed by atoms with Gasteiger partial charge in [-0.1, -0.05) is 60.2 Å². The topological polar surface area (TPSA) is 84.2 Å². The van der Waals surface area contributed by atoms with Crippen LogP contribution in [0.2, 0.25) is 0 Å². The first kappa shape index (κ1) is 20.7. The van der Waals surface area contributed by atoms with E-state index >= 15 is 0 Å². The van der Waals surface area contributed by atoms with Gasteiger partial charge in [-0.2, -0.15) is 0 Å². The second kappa shape index (κ2) is 9.81. The van der Waals surface area contributed by atoms with Gasteiger partial charge in [0.15, 0.2) is 0 Å². The van der Waals surface area contributed by atoms with Gasteiger partial charge in [0.05, 0.1) is 0 Å². The van der Waals surface area contributed by atoms with Gasteiger partial charge in [-0.3, -0.25) is 9.59 Å². The molecule has 0 bridgehead atoms. The van der Waals surface area contributed by atoms with Crippen LogP contribution in [-0.4, -0.2) is 17.9 Å². The zero-order chi connectivity index (χ0) is 17.5. The molecule has 2 aromatic rings. The van der Waals surface area contributed by atoms with Gasteiger partial charge < -0.3 is 16.4 Å². The second-order valence-corrected chi connectivity index (χ2v) is 5.82. The van der Waals surface area contributed by atoms with Crippen molar-refractivity contribution in [2.45, 2.75) is 32.5 Å². The number of hydrogen-bond acceptors (Lipinski definition) is 3. The minimum atomic E-state index is -0.796. The molecule has 0 saturated heterocycles. The average Bonchev–Trinajstić information content (AvgIpc) is 2.60. The number of benzene rings is 2. The Kier molecular flexibility index (Phi) is 8.11. The largest absolute Gasteiger partial charge is 0.350 e. The first-order valence-corrected chi connectivity index (χ1v) is 7.91. The lowest BCUT2D eigenvalue weighted by Gasteiger charge is -2.18. The SMILES string of the molecule is Cc1ccc(C(N)C(=O)NC(C)C(=O)NCc2ccccc2)cc1.Cl. The number of halogens is 1. The highest BCUT2D eigenvalue weighted by molar-refractivity contribution is 5.89. The van der Waals surface area contributed by atoms with Crippen LogP contribution in [0.25, 0.3) is 0 Å². The summed E-state index contributed by atoms with van der Waals surface area (Å²) in [5.74, 6) is -0.621. The Bertz CT molecular complexity index is 690. The smallest absolute Gasteiger partial charge is 0.242 e. The van der Waals surface area contributed by atoms with E-state index in [0.29, 0.717) is 6.54 Å². The third-order valence-corrected chi connectivity index (χ3v) is 3.78. The van der Waals surface area contributed by atoms with E-state index in [1.54, 1.807) is 6.92 Å². The zero-order valence-corrected chi connectivity index (χ0v) is 15.2. The maximum Gasteiger partial charge on any atom is 0.242 e. The number of nitrogens with two attached hydrogens (primary N) is 1. The summed E-state index contributed by atoms with van der Waals surface area (Å²) in [7, 11) is 0. The highest BCUT2D eigenvalue weighted by Gasteiger charge is 2.21. The van der Waals surface area contributed by atoms with Crippen LogP contribution >= 0.6 is 12.4 Å². The van der Waals surface area contributed by atoms with E-state index in [4.69, 9.17) is 5.73 Å². The van der Waals surface area contributed by atoms with Crippen molar-refractivity contribution in [2.24, 2.45) is 5.73 Å². The number of rotatable bonds is 6. The predicted molar refractivity (Wildman–Crippen MR) is 101 cm³/mol. The van der Waals surface area contributed by atoms with Crippen molar-refractivity contribution in [2.75, 3.05) is 0 Å². The molecule has 6 heteroatoms. The molecule has 5 nitrogen and oxygen atoms in total. The molecule has 134 valence electrons. The molecule has 2 aromatic carbocycles. The summed E-state index contributed by atoms with van der Waals surface area (Å²) in [6.07, 6.45) is 0. The number of carbonyl (C=O) groups excluding carboxylic acids is 2. The molecule has 0 aliphatic rings. The summed E-state index contributed by atoms with van der Waals surface area (Å²) in [6.45, 7) is 4.03. The molecule has 0 aromatic heterocycles. The Balaban J connectivity index is 0.00000312.